The van der Waals surface area contributed by atoms with Crippen LogP contribution >= 0.6 is 0 Å². The fourth-order valence-corrected chi connectivity index (χ4v) is 1.98. The lowest BCUT2D eigenvalue weighted by Gasteiger charge is -2.03. The number of imidazole rings is 1. The third-order valence-corrected chi connectivity index (χ3v) is 2.86. The number of nitro groups is 1. The third-order valence-electron chi connectivity index (χ3n) is 2.86. The lowest BCUT2D eigenvalue weighted by Crippen LogP contribution is -1.98. The van der Waals surface area contributed by atoms with E-state index in [2.05, 4.69) is 9.97 Å². The summed E-state index contributed by atoms with van der Waals surface area (Å²) in [6.45, 7) is 0.616. The van der Waals surface area contributed by atoms with Crippen molar-refractivity contribution in [2.75, 3.05) is 0 Å². The summed E-state index contributed by atoms with van der Waals surface area (Å²) in [4.78, 5) is 17.4. The molecule has 0 unspecified atom stereocenters. The number of hydrogen-bond donors (Lipinski definition) is 1. The van der Waals surface area contributed by atoms with Crippen molar-refractivity contribution in [3.05, 3.63) is 58.8 Å². The molecule has 3 rings (SSSR count). The van der Waals surface area contributed by atoms with Gasteiger partial charge in [0.25, 0.3) is 5.69 Å². The molecule has 0 aliphatic rings. The minimum Gasteiger partial charge on any atom is -0.347 e. The topological polar surface area (TPSA) is 76.8 Å². The van der Waals surface area contributed by atoms with Crippen LogP contribution in [-0.4, -0.2) is 19.5 Å². The van der Waals surface area contributed by atoms with Crippen molar-refractivity contribution in [3.63, 3.8) is 0 Å². The number of aromatic amines is 1. The molecule has 0 amide bonds. The van der Waals surface area contributed by atoms with Crippen molar-refractivity contribution >= 4 is 16.6 Å². The molecule has 0 atom stereocenters. The predicted molar refractivity (Wildman–Crippen MR) is 66.3 cm³/mol. The number of nitrogens with zero attached hydrogens (tertiary/aromatic N) is 3. The SMILES string of the molecule is O=[N+]([O-])c1ccc2ccn(Cc3cnc[nH]3)c2c1. The van der Waals surface area contributed by atoms with Gasteiger partial charge in [-0.05, 0) is 12.1 Å². The molecule has 6 heteroatoms. The number of nitro benzene ring substituents is 1. The molecular weight excluding hydrogens is 232 g/mol. The van der Waals surface area contributed by atoms with Crippen LogP contribution in [0.2, 0.25) is 0 Å². The molecule has 6 nitrogen and oxygen atoms in total. The first-order valence-electron chi connectivity index (χ1n) is 5.44. The quantitative estimate of drug-likeness (QED) is 0.565. The zero-order chi connectivity index (χ0) is 12.5. The summed E-state index contributed by atoms with van der Waals surface area (Å²) >= 11 is 0. The summed E-state index contributed by atoms with van der Waals surface area (Å²) in [5.74, 6) is 0. The molecule has 0 aliphatic heterocycles. The summed E-state index contributed by atoms with van der Waals surface area (Å²) in [6, 6.07) is 6.81. The summed E-state index contributed by atoms with van der Waals surface area (Å²) in [5, 5.41) is 11.8. The molecule has 2 heterocycles. The fraction of sp³-hybridized carbons (Fsp3) is 0.0833. The minimum absolute atomic E-state index is 0.104. The summed E-state index contributed by atoms with van der Waals surface area (Å²) in [5.41, 5.74) is 1.91. The lowest BCUT2D eigenvalue weighted by molar-refractivity contribution is -0.384. The Labute approximate surface area is 102 Å². The van der Waals surface area contributed by atoms with E-state index < -0.39 is 0 Å². The Kier molecular flexibility index (Phi) is 2.33. The van der Waals surface area contributed by atoms with Crippen molar-refractivity contribution in [1.82, 2.24) is 14.5 Å². The molecule has 0 saturated heterocycles. The molecule has 0 bridgehead atoms. The van der Waals surface area contributed by atoms with E-state index in [1.807, 2.05) is 16.8 Å². The zero-order valence-electron chi connectivity index (χ0n) is 9.41. The summed E-state index contributed by atoms with van der Waals surface area (Å²) in [6.07, 6.45) is 5.27. The van der Waals surface area contributed by atoms with Gasteiger partial charge in [-0.15, -0.1) is 0 Å². The van der Waals surface area contributed by atoms with Crippen molar-refractivity contribution in [1.29, 1.82) is 0 Å². The van der Waals surface area contributed by atoms with Crippen molar-refractivity contribution in [2.24, 2.45) is 0 Å². The largest absolute Gasteiger partial charge is 0.347 e. The third kappa shape index (κ3) is 1.73. The van der Waals surface area contributed by atoms with Crippen LogP contribution in [0.1, 0.15) is 5.69 Å². The van der Waals surface area contributed by atoms with Crippen LogP contribution in [0.4, 0.5) is 5.69 Å². The van der Waals surface area contributed by atoms with E-state index in [0.29, 0.717) is 6.54 Å². The normalized spacial score (nSPS) is 10.9. The van der Waals surface area contributed by atoms with Crippen LogP contribution in [0.15, 0.2) is 43.0 Å². The molecule has 1 N–H and O–H groups in total. The predicted octanol–water partition coefficient (Wildman–Crippen LogP) is 2.32. The zero-order valence-corrected chi connectivity index (χ0v) is 9.41. The van der Waals surface area contributed by atoms with Gasteiger partial charge in [0.1, 0.15) is 0 Å². The second-order valence-electron chi connectivity index (χ2n) is 4.02. The number of benzene rings is 1. The number of H-pyrrole nitrogens is 1. The highest BCUT2D eigenvalue weighted by atomic mass is 16.6. The maximum Gasteiger partial charge on any atom is 0.271 e. The highest BCUT2D eigenvalue weighted by Crippen LogP contribution is 2.22. The summed E-state index contributed by atoms with van der Waals surface area (Å²) < 4.78 is 1.95. The van der Waals surface area contributed by atoms with Gasteiger partial charge in [0.2, 0.25) is 0 Å². The number of hydrogen-bond acceptors (Lipinski definition) is 3. The molecule has 3 aromatic rings. The van der Waals surface area contributed by atoms with Crippen molar-refractivity contribution in [2.45, 2.75) is 6.54 Å². The van der Waals surface area contributed by atoms with E-state index in [9.17, 15) is 10.1 Å². The van der Waals surface area contributed by atoms with Gasteiger partial charge in [-0.25, -0.2) is 4.98 Å². The van der Waals surface area contributed by atoms with E-state index in [-0.39, 0.29) is 10.6 Å². The molecule has 2 aromatic heterocycles. The van der Waals surface area contributed by atoms with E-state index in [1.54, 1.807) is 24.7 Å². The first kappa shape index (κ1) is 10.5. The van der Waals surface area contributed by atoms with E-state index in [0.717, 1.165) is 16.6 Å². The average molecular weight is 242 g/mol. The molecule has 0 spiro atoms. The second kappa shape index (κ2) is 3.99. The van der Waals surface area contributed by atoms with Crippen LogP contribution in [0, 0.1) is 10.1 Å². The Morgan fingerprint density at radius 3 is 3.00 bits per heavy atom. The molecule has 0 radical (unpaired) electrons. The Balaban J connectivity index is 2.06. The minimum atomic E-state index is -0.382. The van der Waals surface area contributed by atoms with Crippen LogP contribution in [0.3, 0.4) is 0 Å². The van der Waals surface area contributed by atoms with Gasteiger partial charge in [-0.2, -0.15) is 0 Å². The number of rotatable bonds is 3. The molecular formula is C12H10N4O2. The average Bonchev–Trinajstić information content (AvgIpc) is 2.99. The highest BCUT2D eigenvalue weighted by molar-refractivity contribution is 5.82. The number of fused-ring (bicyclic) bond motifs is 1. The molecule has 18 heavy (non-hydrogen) atoms. The monoisotopic (exact) mass is 242 g/mol. The molecule has 0 saturated carbocycles. The first-order chi connectivity index (χ1) is 8.74. The molecule has 0 aliphatic carbocycles. The number of aromatic nitrogens is 3. The van der Waals surface area contributed by atoms with Gasteiger partial charge in [-0.1, -0.05) is 0 Å². The maximum absolute atomic E-state index is 10.8. The Bertz CT molecular complexity index is 700. The number of nitrogens with one attached hydrogen (secondary N) is 1. The van der Waals surface area contributed by atoms with Crippen molar-refractivity contribution in [3.8, 4) is 0 Å². The van der Waals surface area contributed by atoms with E-state index in [4.69, 9.17) is 0 Å². The van der Waals surface area contributed by atoms with Gasteiger partial charge in [0.05, 0.1) is 29.0 Å². The molecule has 1 aromatic carbocycles. The lowest BCUT2D eigenvalue weighted by atomic mass is 10.2. The van der Waals surface area contributed by atoms with E-state index >= 15 is 0 Å². The van der Waals surface area contributed by atoms with Crippen LogP contribution in [0.25, 0.3) is 10.9 Å². The Morgan fingerprint density at radius 2 is 2.28 bits per heavy atom. The van der Waals surface area contributed by atoms with Gasteiger partial charge in [-0.3, -0.25) is 10.1 Å². The van der Waals surface area contributed by atoms with E-state index in [1.165, 1.54) is 6.07 Å². The van der Waals surface area contributed by atoms with Gasteiger partial charge >= 0.3 is 0 Å². The standard InChI is InChI=1S/C12H10N4O2/c17-16(18)11-2-1-9-3-4-15(12(9)5-11)7-10-6-13-8-14-10/h1-6,8H,7H2,(H,13,14). The molecule has 90 valence electrons. The first-order valence-corrected chi connectivity index (χ1v) is 5.44. The maximum atomic E-state index is 10.8. The molecule has 0 fully saturated rings. The van der Waals surface area contributed by atoms with Crippen LogP contribution in [0.5, 0.6) is 0 Å². The van der Waals surface area contributed by atoms with Gasteiger partial charge in [0, 0.05) is 29.9 Å². The highest BCUT2D eigenvalue weighted by Gasteiger charge is 2.09. The van der Waals surface area contributed by atoms with Crippen LogP contribution in [-0.2, 0) is 6.54 Å². The Hall–Kier alpha value is -2.63. The fourth-order valence-electron chi connectivity index (χ4n) is 1.98. The second-order valence-corrected chi connectivity index (χ2v) is 4.02. The van der Waals surface area contributed by atoms with Gasteiger partial charge in [0.15, 0.2) is 0 Å². The summed E-state index contributed by atoms with van der Waals surface area (Å²) in [7, 11) is 0. The number of non-ortho nitro benzene ring substituents is 1. The van der Waals surface area contributed by atoms with Gasteiger partial charge < -0.3 is 9.55 Å². The van der Waals surface area contributed by atoms with Crippen LogP contribution < -0.4 is 0 Å². The Morgan fingerprint density at radius 1 is 1.39 bits per heavy atom. The smallest absolute Gasteiger partial charge is 0.271 e. The van der Waals surface area contributed by atoms with Crippen molar-refractivity contribution < 1.29 is 4.92 Å².